The van der Waals surface area contributed by atoms with E-state index in [0.717, 1.165) is 5.39 Å². The summed E-state index contributed by atoms with van der Waals surface area (Å²) in [6.45, 7) is 2.15. The van der Waals surface area contributed by atoms with Gasteiger partial charge in [0.1, 0.15) is 29.9 Å². The minimum absolute atomic E-state index is 0.212. The van der Waals surface area contributed by atoms with E-state index >= 15 is 0 Å². The summed E-state index contributed by atoms with van der Waals surface area (Å²) >= 11 is 0. The topological polar surface area (TPSA) is 121 Å². The largest absolute Gasteiger partial charge is 0.474 e. The van der Waals surface area contributed by atoms with E-state index in [4.69, 9.17) is 15.2 Å². The van der Waals surface area contributed by atoms with E-state index in [1.54, 1.807) is 35.1 Å². The fraction of sp³-hybridized carbons (Fsp3) is 0.294. The van der Waals surface area contributed by atoms with Gasteiger partial charge in [-0.05, 0) is 18.6 Å². The first-order chi connectivity index (χ1) is 12.6. The number of imidazole rings is 1. The van der Waals surface area contributed by atoms with Crippen LogP contribution in [0.2, 0.25) is 0 Å². The molecule has 1 fully saturated rings. The van der Waals surface area contributed by atoms with Crippen LogP contribution in [0.5, 0.6) is 5.88 Å². The number of nitrogens with two attached hydrogens (primary N) is 1. The Balaban J connectivity index is 1.73. The number of aromatic nitrogens is 3. The fourth-order valence-electron chi connectivity index (χ4n) is 3.18. The number of carbonyl (C=O) groups is 2. The van der Waals surface area contributed by atoms with Crippen molar-refractivity contribution in [3.8, 4) is 5.88 Å². The molecule has 0 aliphatic carbocycles. The molecule has 134 valence electrons. The van der Waals surface area contributed by atoms with Gasteiger partial charge in [-0.15, -0.1) is 0 Å². The normalized spacial score (nSPS) is 19.5. The molecule has 2 atom stereocenters. The summed E-state index contributed by atoms with van der Waals surface area (Å²) in [5.74, 6) is -0.184. The summed E-state index contributed by atoms with van der Waals surface area (Å²) in [6.07, 6.45) is 4.88. The number of nitrogens with zero attached hydrogens (tertiary/aromatic N) is 3. The molecule has 2 amide bonds. The molecule has 0 aromatic carbocycles. The fourth-order valence-corrected chi connectivity index (χ4v) is 3.18. The zero-order valence-electron chi connectivity index (χ0n) is 14.0. The Morgan fingerprint density at radius 1 is 1.42 bits per heavy atom. The average molecular weight is 355 g/mol. The quantitative estimate of drug-likeness (QED) is 0.710. The molecule has 0 bridgehead atoms. The van der Waals surface area contributed by atoms with Crippen molar-refractivity contribution in [2.24, 2.45) is 5.73 Å². The number of carbonyl (C=O) groups excluding carboxylic acids is 2. The second-order valence-corrected chi connectivity index (χ2v) is 6.01. The molecule has 0 radical (unpaired) electrons. The Hall–Kier alpha value is -3.36. The van der Waals surface area contributed by atoms with Gasteiger partial charge in [-0.3, -0.25) is 9.20 Å². The second kappa shape index (κ2) is 6.17. The number of hydrogen-bond donors (Lipinski definition) is 2. The number of ether oxygens (including phenoxy) is 2. The lowest BCUT2D eigenvalue weighted by Crippen LogP contribution is -2.37. The Morgan fingerprint density at radius 3 is 3.04 bits per heavy atom. The maximum atomic E-state index is 11.7. The first-order valence-corrected chi connectivity index (χ1v) is 8.23. The van der Waals surface area contributed by atoms with Crippen molar-refractivity contribution < 1.29 is 19.1 Å². The van der Waals surface area contributed by atoms with E-state index < -0.39 is 12.0 Å². The molecule has 4 heterocycles. The van der Waals surface area contributed by atoms with Gasteiger partial charge in [-0.1, -0.05) is 6.92 Å². The maximum Gasteiger partial charge on any atom is 0.407 e. The molecule has 1 aliphatic rings. The Labute approximate surface area is 148 Å². The number of hydrogen-bond acceptors (Lipinski definition) is 6. The molecule has 3 aromatic heterocycles. The summed E-state index contributed by atoms with van der Waals surface area (Å²) in [4.78, 5) is 31.6. The third-order valence-corrected chi connectivity index (χ3v) is 4.42. The van der Waals surface area contributed by atoms with Crippen LogP contribution in [0.3, 0.4) is 0 Å². The van der Waals surface area contributed by atoms with Gasteiger partial charge < -0.3 is 20.5 Å². The van der Waals surface area contributed by atoms with Crippen LogP contribution in [-0.4, -0.2) is 45.1 Å². The van der Waals surface area contributed by atoms with E-state index in [1.807, 2.05) is 6.92 Å². The number of primary amides is 1. The molecule has 4 rings (SSSR count). The highest BCUT2D eigenvalue weighted by Crippen LogP contribution is 2.27. The number of rotatable bonds is 5. The van der Waals surface area contributed by atoms with E-state index in [1.165, 1.54) is 0 Å². The Bertz CT molecular complexity index is 1010. The Morgan fingerprint density at radius 2 is 2.27 bits per heavy atom. The smallest absolute Gasteiger partial charge is 0.407 e. The summed E-state index contributed by atoms with van der Waals surface area (Å²) in [5.41, 5.74) is 6.89. The van der Waals surface area contributed by atoms with E-state index in [0.29, 0.717) is 29.0 Å². The molecular formula is C17H17N5O4. The molecular weight excluding hydrogens is 338 g/mol. The lowest BCUT2D eigenvalue weighted by Gasteiger charge is -2.16. The predicted octanol–water partition coefficient (Wildman–Crippen LogP) is 1.25. The van der Waals surface area contributed by atoms with Gasteiger partial charge in [0, 0.05) is 24.0 Å². The minimum atomic E-state index is -0.556. The maximum absolute atomic E-state index is 11.7. The molecule has 1 aliphatic heterocycles. The first-order valence-electron chi connectivity index (χ1n) is 8.23. The molecule has 1 saturated heterocycles. The van der Waals surface area contributed by atoms with Crippen molar-refractivity contribution in [3.63, 3.8) is 0 Å². The SMILES string of the molecule is CCC1OC(=O)NC1COc1nccc2cc(C(N)=O)c3nccn3c12. The highest BCUT2D eigenvalue weighted by Gasteiger charge is 2.33. The molecule has 9 heteroatoms. The number of cyclic esters (lactones) is 1. The molecule has 2 unspecified atom stereocenters. The van der Waals surface area contributed by atoms with Gasteiger partial charge in [0.25, 0.3) is 5.91 Å². The van der Waals surface area contributed by atoms with Crippen LogP contribution in [0.4, 0.5) is 4.79 Å². The third kappa shape index (κ3) is 2.57. The molecule has 9 nitrogen and oxygen atoms in total. The van der Waals surface area contributed by atoms with Gasteiger partial charge in [-0.25, -0.2) is 14.8 Å². The van der Waals surface area contributed by atoms with Crippen LogP contribution in [0.15, 0.2) is 30.7 Å². The molecule has 3 aromatic rings. The van der Waals surface area contributed by atoms with Gasteiger partial charge >= 0.3 is 6.09 Å². The van der Waals surface area contributed by atoms with Crippen molar-refractivity contribution in [2.45, 2.75) is 25.5 Å². The van der Waals surface area contributed by atoms with Gasteiger partial charge in [-0.2, -0.15) is 0 Å². The molecule has 3 N–H and O–H groups in total. The van der Waals surface area contributed by atoms with E-state index in [9.17, 15) is 9.59 Å². The monoisotopic (exact) mass is 355 g/mol. The van der Waals surface area contributed by atoms with Crippen molar-refractivity contribution in [1.82, 2.24) is 19.7 Å². The first kappa shape index (κ1) is 16.1. The van der Waals surface area contributed by atoms with Gasteiger partial charge in [0.2, 0.25) is 5.88 Å². The number of alkyl carbamates (subject to hydrolysis) is 1. The molecule has 0 spiro atoms. The van der Waals surface area contributed by atoms with Crippen LogP contribution in [-0.2, 0) is 4.74 Å². The zero-order chi connectivity index (χ0) is 18.3. The zero-order valence-corrected chi connectivity index (χ0v) is 14.0. The van der Waals surface area contributed by atoms with E-state index in [-0.39, 0.29) is 18.8 Å². The number of fused-ring (bicyclic) bond motifs is 3. The highest BCUT2D eigenvalue weighted by molar-refractivity contribution is 6.03. The summed E-state index contributed by atoms with van der Waals surface area (Å²) < 4.78 is 12.8. The van der Waals surface area contributed by atoms with Crippen LogP contribution in [0.1, 0.15) is 23.7 Å². The number of nitrogens with one attached hydrogen (secondary N) is 1. The average Bonchev–Trinajstić information content (AvgIpc) is 3.25. The van der Waals surface area contributed by atoms with Crippen molar-refractivity contribution in [3.05, 3.63) is 36.3 Å². The lowest BCUT2D eigenvalue weighted by atomic mass is 10.1. The van der Waals surface area contributed by atoms with Crippen molar-refractivity contribution >= 4 is 28.6 Å². The lowest BCUT2D eigenvalue weighted by molar-refractivity contribution is 0.100. The summed E-state index contributed by atoms with van der Waals surface area (Å²) in [6, 6.07) is 3.18. The highest BCUT2D eigenvalue weighted by atomic mass is 16.6. The summed E-state index contributed by atoms with van der Waals surface area (Å²) in [5, 5.41) is 3.48. The molecule has 0 saturated carbocycles. The predicted molar refractivity (Wildman–Crippen MR) is 92.0 cm³/mol. The number of amides is 2. The van der Waals surface area contributed by atoms with Gasteiger partial charge in [0.05, 0.1) is 5.56 Å². The van der Waals surface area contributed by atoms with Crippen LogP contribution in [0, 0.1) is 0 Å². The van der Waals surface area contributed by atoms with Gasteiger partial charge in [0.15, 0.2) is 0 Å². The van der Waals surface area contributed by atoms with Crippen LogP contribution >= 0.6 is 0 Å². The van der Waals surface area contributed by atoms with Crippen molar-refractivity contribution in [2.75, 3.05) is 6.61 Å². The third-order valence-electron chi connectivity index (χ3n) is 4.42. The minimum Gasteiger partial charge on any atom is -0.474 e. The Kier molecular flexibility index (Phi) is 3.83. The number of pyridine rings is 2. The van der Waals surface area contributed by atoms with Crippen LogP contribution in [0.25, 0.3) is 16.6 Å². The summed E-state index contributed by atoms with van der Waals surface area (Å²) in [7, 11) is 0. The second-order valence-electron chi connectivity index (χ2n) is 6.01. The van der Waals surface area contributed by atoms with E-state index in [2.05, 4.69) is 15.3 Å². The standard InChI is InChI=1S/C17H17N5O4/c1-2-12-11(21-17(24)26-12)8-25-16-13-9(3-4-20-16)7-10(14(18)23)15-19-5-6-22(13)15/h3-7,11-12H,2,8H2,1H3,(H2,18,23)(H,21,24). The van der Waals surface area contributed by atoms with Crippen LogP contribution < -0.4 is 15.8 Å². The molecule has 26 heavy (non-hydrogen) atoms. The van der Waals surface area contributed by atoms with Crippen molar-refractivity contribution in [1.29, 1.82) is 0 Å².